The van der Waals surface area contributed by atoms with Gasteiger partial charge in [0.25, 0.3) is 0 Å². The van der Waals surface area contributed by atoms with Crippen LogP contribution in [0.25, 0.3) is 0 Å². The molecule has 0 spiro atoms. The fourth-order valence-corrected chi connectivity index (χ4v) is 3.09. The normalized spacial score (nSPS) is 12.4. The zero-order valence-corrected chi connectivity index (χ0v) is 14.6. The van der Waals surface area contributed by atoms with Crippen molar-refractivity contribution in [3.63, 3.8) is 0 Å². The first-order valence-electron chi connectivity index (χ1n) is 6.54. The minimum Gasteiger partial charge on any atom is -0.316 e. The van der Waals surface area contributed by atoms with E-state index in [-0.39, 0.29) is 11.9 Å². The largest absolute Gasteiger partial charge is 0.316 e. The maximum absolute atomic E-state index is 13.4. The molecule has 0 radical (unpaired) electrons. The summed E-state index contributed by atoms with van der Waals surface area (Å²) in [5.74, 6) is -0.229. The summed E-state index contributed by atoms with van der Waals surface area (Å²) < 4.78 is 14.3. The average Bonchev–Trinajstić information content (AvgIpc) is 2.44. The van der Waals surface area contributed by atoms with Gasteiger partial charge in [0.2, 0.25) is 0 Å². The third kappa shape index (κ3) is 4.68. The fraction of sp³-hybridized carbons (Fsp3) is 0.250. The van der Waals surface area contributed by atoms with E-state index < -0.39 is 0 Å². The zero-order chi connectivity index (χ0) is 15.4. The minimum absolute atomic E-state index is 0.154. The Morgan fingerprint density at radius 1 is 1.10 bits per heavy atom. The van der Waals surface area contributed by atoms with Crippen molar-refractivity contribution in [1.29, 1.82) is 0 Å². The molecule has 0 fully saturated rings. The van der Waals surface area contributed by atoms with Gasteiger partial charge in [-0.1, -0.05) is 45.2 Å². The van der Waals surface area contributed by atoms with Crippen molar-refractivity contribution in [2.75, 3.05) is 7.05 Å². The SMILES string of the molecule is CNC(Cc1ccc(Cl)cc1Cl)Cc1cc(F)ccc1Br. The summed E-state index contributed by atoms with van der Waals surface area (Å²) in [6.45, 7) is 0. The number of halogens is 4. The second-order valence-corrected chi connectivity index (χ2v) is 6.56. The van der Waals surface area contributed by atoms with E-state index in [1.54, 1.807) is 18.2 Å². The Kier molecular flexibility index (Phi) is 6.06. The zero-order valence-electron chi connectivity index (χ0n) is 11.5. The minimum atomic E-state index is -0.229. The summed E-state index contributed by atoms with van der Waals surface area (Å²) in [6.07, 6.45) is 1.45. The summed E-state index contributed by atoms with van der Waals surface area (Å²) in [5.41, 5.74) is 1.95. The number of hydrogen-bond acceptors (Lipinski definition) is 1. The molecule has 0 bridgehead atoms. The van der Waals surface area contributed by atoms with E-state index in [0.717, 1.165) is 22.0 Å². The number of nitrogens with one attached hydrogen (secondary N) is 1. The summed E-state index contributed by atoms with van der Waals surface area (Å²) >= 11 is 15.6. The molecule has 1 nitrogen and oxygen atoms in total. The first-order valence-corrected chi connectivity index (χ1v) is 8.09. The molecule has 0 aliphatic rings. The van der Waals surface area contributed by atoms with Crippen LogP contribution in [0, 0.1) is 5.82 Å². The van der Waals surface area contributed by atoms with Gasteiger partial charge in [-0.2, -0.15) is 0 Å². The van der Waals surface area contributed by atoms with Crippen LogP contribution in [-0.2, 0) is 12.8 Å². The molecule has 2 aromatic carbocycles. The van der Waals surface area contributed by atoms with Crippen molar-refractivity contribution in [2.24, 2.45) is 0 Å². The van der Waals surface area contributed by atoms with E-state index in [4.69, 9.17) is 23.2 Å². The van der Waals surface area contributed by atoms with Crippen molar-refractivity contribution in [1.82, 2.24) is 5.32 Å². The lowest BCUT2D eigenvalue weighted by atomic mass is 9.99. The Morgan fingerprint density at radius 2 is 1.81 bits per heavy atom. The molecule has 2 rings (SSSR count). The Morgan fingerprint density at radius 3 is 2.48 bits per heavy atom. The highest BCUT2D eigenvalue weighted by Crippen LogP contribution is 2.24. The van der Waals surface area contributed by atoms with Crippen LogP contribution < -0.4 is 5.32 Å². The van der Waals surface area contributed by atoms with Crippen molar-refractivity contribution in [3.05, 3.63) is 67.9 Å². The molecule has 0 aromatic heterocycles. The Balaban J connectivity index is 2.14. The molecule has 2 aromatic rings. The monoisotopic (exact) mass is 389 g/mol. The number of rotatable bonds is 5. The summed E-state index contributed by atoms with van der Waals surface area (Å²) in [5, 5.41) is 4.53. The van der Waals surface area contributed by atoms with E-state index in [0.29, 0.717) is 16.5 Å². The number of benzene rings is 2. The fourth-order valence-electron chi connectivity index (χ4n) is 2.19. The van der Waals surface area contributed by atoms with E-state index in [2.05, 4.69) is 21.2 Å². The summed E-state index contributed by atoms with van der Waals surface area (Å²) in [4.78, 5) is 0. The van der Waals surface area contributed by atoms with Crippen molar-refractivity contribution in [2.45, 2.75) is 18.9 Å². The molecular weight excluding hydrogens is 376 g/mol. The molecule has 0 aliphatic heterocycles. The van der Waals surface area contributed by atoms with Crippen LogP contribution in [0.2, 0.25) is 10.0 Å². The molecule has 0 saturated carbocycles. The maximum atomic E-state index is 13.4. The quantitative estimate of drug-likeness (QED) is 0.733. The van der Waals surface area contributed by atoms with Crippen molar-refractivity contribution < 1.29 is 4.39 Å². The van der Waals surface area contributed by atoms with Gasteiger partial charge < -0.3 is 5.32 Å². The topological polar surface area (TPSA) is 12.0 Å². The predicted octanol–water partition coefficient (Wildman–Crippen LogP) is 5.27. The van der Waals surface area contributed by atoms with E-state index >= 15 is 0 Å². The van der Waals surface area contributed by atoms with Crippen LogP contribution in [-0.4, -0.2) is 13.1 Å². The molecule has 5 heteroatoms. The summed E-state index contributed by atoms with van der Waals surface area (Å²) in [7, 11) is 1.89. The van der Waals surface area contributed by atoms with E-state index in [1.165, 1.54) is 6.07 Å². The van der Waals surface area contributed by atoms with E-state index in [9.17, 15) is 4.39 Å². The van der Waals surface area contributed by atoms with Gasteiger partial charge in [-0.3, -0.25) is 0 Å². The first-order chi connectivity index (χ1) is 9.99. The summed E-state index contributed by atoms with van der Waals surface area (Å²) in [6, 6.07) is 10.4. The molecule has 112 valence electrons. The predicted molar refractivity (Wildman–Crippen MR) is 90.8 cm³/mol. The molecule has 1 N–H and O–H groups in total. The number of hydrogen-bond donors (Lipinski definition) is 1. The third-order valence-electron chi connectivity index (χ3n) is 3.36. The van der Waals surface area contributed by atoms with Gasteiger partial charge >= 0.3 is 0 Å². The van der Waals surface area contributed by atoms with Gasteiger partial charge in [-0.15, -0.1) is 0 Å². The second-order valence-electron chi connectivity index (χ2n) is 4.87. The van der Waals surface area contributed by atoms with Gasteiger partial charge in [0.15, 0.2) is 0 Å². The van der Waals surface area contributed by atoms with Gasteiger partial charge in [-0.05, 0) is 61.3 Å². The molecule has 21 heavy (non-hydrogen) atoms. The highest BCUT2D eigenvalue weighted by atomic mass is 79.9. The highest BCUT2D eigenvalue weighted by molar-refractivity contribution is 9.10. The smallest absolute Gasteiger partial charge is 0.123 e. The molecule has 0 heterocycles. The van der Waals surface area contributed by atoms with Crippen LogP contribution in [0.5, 0.6) is 0 Å². The molecule has 1 atom stereocenters. The van der Waals surface area contributed by atoms with Crippen molar-refractivity contribution in [3.8, 4) is 0 Å². The number of likely N-dealkylation sites (N-methyl/N-ethyl adjacent to an activating group) is 1. The first kappa shape index (κ1) is 16.8. The third-order valence-corrected chi connectivity index (χ3v) is 4.72. The molecule has 0 aliphatic carbocycles. The van der Waals surface area contributed by atoms with Crippen LogP contribution in [0.15, 0.2) is 40.9 Å². The Bertz CT molecular complexity index is 634. The Hall–Kier alpha value is -0.610. The van der Waals surface area contributed by atoms with Crippen LogP contribution >= 0.6 is 39.1 Å². The lowest BCUT2D eigenvalue weighted by Gasteiger charge is -2.18. The van der Waals surface area contributed by atoms with Crippen LogP contribution in [0.1, 0.15) is 11.1 Å². The average molecular weight is 391 g/mol. The van der Waals surface area contributed by atoms with Gasteiger partial charge in [0.05, 0.1) is 0 Å². The van der Waals surface area contributed by atoms with Gasteiger partial charge in [0.1, 0.15) is 5.82 Å². The van der Waals surface area contributed by atoms with Gasteiger partial charge in [0, 0.05) is 20.6 Å². The molecule has 1 unspecified atom stereocenters. The Labute approximate surface area is 142 Å². The molecule has 0 amide bonds. The molecular formula is C16H15BrCl2FN. The highest BCUT2D eigenvalue weighted by Gasteiger charge is 2.13. The lowest BCUT2D eigenvalue weighted by Crippen LogP contribution is -2.30. The standard InChI is InChI=1S/C16H15BrCl2FN/c1-21-14(7-10-2-3-12(18)9-16(10)19)8-11-6-13(20)4-5-15(11)17/h2-6,9,14,21H,7-8H2,1H3. The van der Waals surface area contributed by atoms with Crippen LogP contribution in [0.4, 0.5) is 4.39 Å². The van der Waals surface area contributed by atoms with E-state index in [1.807, 2.05) is 19.2 Å². The molecule has 0 saturated heterocycles. The van der Waals surface area contributed by atoms with Crippen molar-refractivity contribution >= 4 is 39.1 Å². The maximum Gasteiger partial charge on any atom is 0.123 e. The lowest BCUT2D eigenvalue weighted by molar-refractivity contribution is 0.552. The second kappa shape index (κ2) is 7.59. The van der Waals surface area contributed by atoms with Crippen LogP contribution in [0.3, 0.4) is 0 Å². The van der Waals surface area contributed by atoms with Gasteiger partial charge in [-0.25, -0.2) is 4.39 Å².